The van der Waals surface area contributed by atoms with E-state index < -0.39 is 0 Å². The van der Waals surface area contributed by atoms with Crippen molar-refractivity contribution in [2.45, 2.75) is 26.9 Å². The molecule has 144 valence electrons. The average Bonchev–Trinajstić information content (AvgIpc) is 3.14. The van der Waals surface area contributed by atoms with Crippen molar-refractivity contribution >= 4 is 22.9 Å². The maximum absolute atomic E-state index is 12.0. The molecule has 4 nitrogen and oxygen atoms in total. The normalized spacial score (nSPS) is 11.3. The van der Waals surface area contributed by atoms with Crippen molar-refractivity contribution in [3.05, 3.63) is 87.9 Å². The van der Waals surface area contributed by atoms with E-state index in [1.54, 1.807) is 13.0 Å². The summed E-state index contributed by atoms with van der Waals surface area (Å²) in [6, 6.07) is 18.0. The Morgan fingerprint density at radius 1 is 1.07 bits per heavy atom. The lowest BCUT2D eigenvalue weighted by Gasteiger charge is -2.09. The summed E-state index contributed by atoms with van der Waals surface area (Å²) in [6.45, 7) is 4.63. The van der Waals surface area contributed by atoms with Gasteiger partial charge >= 0.3 is 5.97 Å². The predicted molar refractivity (Wildman–Crippen MR) is 112 cm³/mol. The van der Waals surface area contributed by atoms with E-state index in [0.717, 1.165) is 33.2 Å². The van der Waals surface area contributed by atoms with Crippen LogP contribution in [0.3, 0.4) is 0 Å². The fourth-order valence-electron chi connectivity index (χ4n) is 2.68. The van der Waals surface area contributed by atoms with Crippen LogP contribution in [-0.2, 0) is 22.6 Å². The maximum Gasteiger partial charge on any atom is 0.331 e. The minimum absolute atomic E-state index is 0.340. The van der Waals surface area contributed by atoms with Crippen molar-refractivity contribution in [3.8, 4) is 5.75 Å². The second-order valence-electron chi connectivity index (χ2n) is 6.31. The largest absolute Gasteiger partial charge is 0.489 e. The first kappa shape index (κ1) is 19.8. The van der Waals surface area contributed by atoms with Crippen LogP contribution in [-0.4, -0.2) is 17.6 Å². The van der Waals surface area contributed by atoms with Gasteiger partial charge < -0.3 is 9.47 Å². The first-order valence-electron chi connectivity index (χ1n) is 9.19. The molecule has 0 atom stereocenters. The standard InChI is InChI=1S/C23H23NO3S/c1-3-26-22(25)14-20(23-24-17(2)16-28-23)13-18-9-11-21(12-10-18)27-15-19-7-5-4-6-8-19/h4-12,14,16H,3,13,15H2,1-2H3/b20-14-. The third-order valence-corrected chi connectivity index (χ3v) is 5.07. The highest BCUT2D eigenvalue weighted by Crippen LogP contribution is 2.25. The number of hydrogen-bond donors (Lipinski definition) is 0. The molecule has 0 bridgehead atoms. The number of carbonyl (C=O) groups is 1. The number of esters is 1. The Bertz CT molecular complexity index is 930. The van der Waals surface area contributed by atoms with Gasteiger partial charge in [0.1, 0.15) is 17.4 Å². The number of ether oxygens (including phenoxy) is 2. The second-order valence-corrected chi connectivity index (χ2v) is 7.17. The van der Waals surface area contributed by atoms with Gasteiger partial charge in [0.15, 0.2) is 0 Å². The van der Waals surface area contributed by atoms with Crippen LogP contribution >= 0.6 is 11.3 Å². The van der Waals surface area contributed by atoms with Gasteiger partial charge in [-0.1, -0.05) is 42.5 Å². The number of aromatic nitrogens is 1. The summed E-state index contributed by atoms with van der Waals surface area (Å²) in [5.74, 6) is 0.474. The van der Waals surface area contributed by atoms with Crippen molar-refractivity contribution in [3.63, 3.8) is 0 Å². The highest BCUT2D eigenvalue weighted by atomic mass is 32.1. The highest BCUT2D eigenvalue weighted by Gasteiger charge is 2.11. The zero-order valence-corrected chi connectivity index (χ0v) is 16.9. The smallest absolute Gasteiger partial charge is 0.331 e. The van der Waals surface area contributed by atoms with Gasteiger partial charge in [-0.2, -0.15) is 0 Å². The zero-order chi connectivity index (χ0) is 19.8. The van der Waals surface area contributed by atoms with Crippen LogP contribution in [0.4, 0.5) is 0 Å². The molecule has 3 aromatic rings. The van der Waals surface area contributed by atoms with Crippen LogP contribution in [0.5, 0.6) is 5.75 Å². The van der Waals surface area contributed by atoms with Gasteiger partial charge in [-0.15, -0.1) is 11.3 Å². The summed E-state index contributed by atoms with van der Waals surface area (Å²) in [5, 5.41) is 2.82. The van der Waals surface area contributed by atoms with Crippen molar-refractivity contribution < 1.29 is 14.3 Å². The molecule has 0 spiro atoms. The molecule has 0 radical (unpaired) electrons. The molecule has 0 saturated heterocycles. The molecule has 0 fully saturated rings. The molecule has 3 rings (SSSR count). The first-order chi connectivity index (χ1) is 13.6. The molecule has 0 aliphatic rings. The van der Waals surface area contributed by atoms with Gasteiger partial charge in [0.05, 0.1) is 6.61 Å². The fourth-order valence-corrected chi connectivity index (χ4v) is 3.49. The summed E-state index contributed by atoms with van der Waals surface area (Å²) >= 11 is 1.53. The average molecular weight is 394 g/mol. The van der Waals surface area contributed by atoms with E-state index in [2.05, 4.69) is 4.98 Å². The molecule has 28 heavy (non-hydrogen) atoms. The highest BCUT2D eigenvalue weighted by molar-refractivity contribution is 7.10. The topological polar surface area (TPSA) is 48.4 Å². The molecular formula is C23H23NO3S. The van der Waals surface area contributed by atoms with Crippen LogP contribution in [0, 0.1) is 6.92 Å². The Balaban J connectivity index is 1.69. The van der Waals surface area contributed by atoms with Gasteiger partial charge in [0.25, 0.3) is 0 Å². The molecule has 1 aromatic heterocycles. The Morgan fingerprint density at radius 2 is 1.82 bits per heavy atom. The van der Waals surface area contributed by atoms with Crippen LogP contribution in [0.15, 0.2) is 66.1 Å². The van der Waals surface area contributed by atoms with Crippen molar-refractivity contribution in [1.82, 2.24) is 4.98 Å². The second kappa shape index (κ2) is 9.85. The van der Waals surface area contributed by atoms with E-state index in [4.69, 9.17) is 9.47 Å². The molecule has 0 saturated carbocycles. The number of carbonyl (C=O) groups excluding carboxylic acids is 1. The summed E-state index contributed by atoms with van der Waals surface area (Å²) in [4.78, 5) is 16.5. The quantitative estimate of drug-likeness (QED) is 0.389. The minimum atomic E-state index is -0.340. The van der Waals surface area contributed by atoms with E-state index in [0.29, 0.717) is 19.6 Å². The van der Waals surface area contributed by atoms with Gasteiger partial charge in [-0.05, 0) is 42.7 Å². The minimum Gasteiger partial charge on any atom is -0.489 e. The lowest BCUT2D eigenvalue weighted by Crippen LogP contribution is -2.02. The maximum atomic E-state index is 12.0. The monoisotopic (exact) mass is 393 g/mol. The SMILES string of the molecule is CCOC(=O)/C=C(/Cc1ccc(OCc2ccccc2)cc1)c1nc(C)cs1. The van der Waals surface area contributed by atoms with E-state index in [1.165, 1.54) is 11.3 Å². The number of hydrogen-bond acceptors (Lipinski definition) is 5. The van der Waals surface area contributed by atoms with E-state index in [-0.39, 0.29) is 5.97 Å². The Hall–Kier alpha value is -2.92. The number of thiazole rings is 1. The predicted octanol–water partition coefficient (Wildman–Crippen LogP) is 5.22. The van der Waals surface area contributed by atoms with Crippen LogP contribution in [0.25, 0.3) is 5.57 Å². The zero-order valence-electron chi connectivity index (χ0n) is 16.1. The Kier molecular flexibility index (Phi) is 6.98. The van der Waals surface area contributed by atoms with E-state index in [1.807, 2.05) is 66.9 Å². The molecule has 0 unspecified atom stereocenters. The number of benzene rings is 2. The van der Waals surface area contributed by atoms with Gasteiger partial charge in [-0.25, -0.2) is 9.78 Å². The molecule has 0 aliphatic carbocycles. The van der Waals surface area contributed by atoms with Crippen molar-refractivity contribution in [2.24, 2.45) is 0 Å². The van der Waals surface area contributed by atoms with E-state index >= 15 is 0 Å². The fraction of sp³-hybridized carbons (Fsp3) is 0.217. The molecule has 5 heteroatoms. The van der Waals surface area contributed by atoms with Gasteiger partial charge in [-0.3, -0.25) is 0 Å². The van der Waals surface area contributed by atoms with Gasteiger partial charge in [0, 0.05) is 23.6 Å². The van der Waals surface area contributed by atoms with Crippen LogP contribution in [0.2, 0.25) is 0 Å². The summed E-state index contributed by atoms with van der Waals surface area (Å²) < 4.78 is 10.9. The summed E-state index contributed by atoms with van der Waals surface area (Å²) in [6.07, 6.45) is 2.15. The Morgan fingerprint density at radius 3 is 2.46 bits per heavy atom. The molecule has 0 amide bonds. The lowest BCUT2D eigenvalue weighted by molar-refractivity contribution is -0.137. The van der Waals surface area contributed by atoms with Crippen LogP contribution in [0.1, 0.15) is 28.8 Å². The number of nitrogens with zero attached hydrogens (tertiary/aromatic N) is 1. The molecule has 0 aliphatic heterocycles. The molecule has 1 heterocycles. The van der Waals surface area contributed by atoms with Crippen molar-refractivity contribution in [1.29, 1.82) is 0 Å². The molecule has 2 aromatic carbocycles. The molecule has 0 N–H and O–H groups in total. The first-order valence-corrected chi connectivity index (χ1v) is 10.1. The van der Waals surface area contributed by atoms with Gasteiger partial charge in [0.2, 0.25) is 0 Å². The third-order valence-electron chi connectivity index (χ3n) is 4.04. The third kappa shape index (κ3) is 5.79. The Labute approximate surface area is 169 Å². The lowest BCUT2D eigenvalue weighted by atomic mass is 10.0. The number of aryl methyl sites for hydroxylation is 1. The molecular weight excluding hydrogens is 370 g/mol. The summed E-state index contributed by atoms with van der Waals surface area (Å²) in [7, 11) is 0. The van der Waals surface area contributed by atoms with Crippen molar-refractivity contribution in [2.75, 3.05) is 6.61 Å². The number of rotatable bonds is 8. The van der Waals surface area contributed by atoms with E-state index in [9.17, 15) is 4.79 Å². The summed E-state index contributed by atoms with van der Waals surface area (Å²) in [5.41, 5.74) is 4.01. The van der Waals surface area contributed by atoms with Crippen LogP contribution < -0.4 is 4.74 Å². The number of allylic oxidation sites excluding steroid dienone is 1.